The average Bonchev–Trinajstić information content (AvgIpc) is 2.10. The minimum atomic E-state index is -0.702. The van der Waals surface area contributed by atoms with E-state index in [-0.39, 0.29) is 15.6 Å². The van der Waals surface area contributed by atoms with Crippen molar-refractivity contribution in [2.75, 3.05) is 7.11 Å². The maximum absolute atomic E-state index is 12.9. The Hall–Kier alpha value is -0.800. The van der Waals surface area contributed by atoms with Crippen molar-refractivity contribution < 1.29 is 13.9 Å². The van der Waals surface area contributed by atoms with Crippen LogP contribution in [0.4, 0.5) is 4.39 Å². The van der Waals surface area contributed by atoms with Gasteiger partial charge in [0.05, 0.1) is 22.7 Å². The predicted molar refractivity (Wildman–Crippen MR) is 47.8 cm³/mol. The summed E-state index contributed by atoms with van der Waals surface area (Å²) < 4.78 is 17.2. The van der Waals surface area contributed by atoms with Crippen LogP contribution in [0.3, 0.4) is 0 Å². The molecule has 0 amide bonds. The van der Waals surface area contributed by atoms with Crippen molar-refractivity contribution in [3.05, 3.63) is 33.6 Å². The molecule has 0 atom stereocenters. The molecular weight excluding hydrogens is 218 g/mol. The van der Waals surface area contributed by atoms with Crippen LogP contribution < -0.4 is 0 Å². The van der Waals surface area contributed by atoms with E-state index in [1.54, 1.807) is 0 Å². The summed E-state index contributed by atoms with van der Waals surface area (Å²) in [4.78, 5) is 11.0. The van der Waals surface area contributed by atoms with Crippen LogP contribution in [0, 0.1) is 5.82 Å². The van der Waals surface area contributed by atoms with Gasteiger partial charge in [-0.1, -0.05) is 23.2 Å². The third-order valence-corrected chi connectivity index (χ3v) is 2.02. The molecule has 2 nitrogen and oxygen atoms in total. The Morgan fingerprint density at radius 2 is 2.00 bits per heavy atom. The summed E-state index contributed by atoms with van der Waals surface area (Å²) in [7, 11) is 1.19. The van der Waals surface area contributed by atoms with Crippen LogP contribution in [0.15, 0.2) is 12.1 Å². The van der Waals surface area contributed by atoms with Gasteiger partial charge in [0.15, 0.2) is 0 Å². The third kappa shape index (κ3) is 2.11. The van der Waals surface area contributed by atoms with Crippen molar-refractivity contribution in [2.24, 2.45) is 0 Å². The van der Waals surface area contributed by atoms with Crippen molar-refractivity contribution in [1.29, 1.82) is 0 Å². The van der Waals surface area contributed by atoms with Gasteiger partial charge in [-0.15, -0.1) is 0 Å². The molecule has 0 spiro atoms. The van der Waals surface area contributed by atoms with Crippen molar-refractivity contribution in [1.82, 2.24) is 0 Å². The zero-order valence-corrected chi connectivity index (χ0v) is 8.12. The Morgan fingerprint density at radius 1 is 1.38 bits per heavy atom. The molecule has 13 heavy (non-hydrogen) atoms. The van der Waals surface area contributed by atoms with E-state index in [1.165, 1.54) is 7.11 Å². The van der Waals surface area contributed by atoms with Crippen LogP contribution in [0.5, 0.6) is 0 Å². The van der Waals surface area contributed by atoms with Gasteiger partial charge in [0, 0.05) is 0 Å². The number of esters is 1. The first-order valence-corrected chi connectivity index (χ1v) is 4.04. The minimum Gasteiger partial charge on any atom is -0.465 e. The smallest absolute Gasteiger partial charge is 0.339 e. The standard InChI is InChI=1S/C8H5Cl2FO2/c1-13-8(12)4-2-7(11)6(10)3-5(4)9/h2-3H,1H3. The van der Waals surface area contributed by atoms with Crippen LogP contribution in [0.2, 0.25) is 10.0 Å². The lowest BCUT2D eigenvalue weighted by Gasteiger charge is -2.02. The number of halogens is 3. The lowest BCUT2D eigenvalue weighted by atomic mass is 10.2. The number of carbonyl (C=O) groups excluding carboxylic acids is 1. The molecule has 0 radical (unpaired) electrons. The highest BCUT2D eigenvalue weighted by molar-refractivity contribution is 6.36. The number of rotatable bonds is 1. The van der Waals surface area contributed by atoms with Crippen LogP contribution >= 0.6 is 23.2 Å². The normalized spacial score (nSPS) is 9.85. The molecule has 0 saturated heterocycles. The molecule has 0 aliphatic carbocycles. The summed E-state index contributed by atoms with van der Waals surface area (Å²) in [5.41, 5.74) is -0.0360. The Morgan fingerprint density at radius 3 is 2.54 bits per heavy atom. The molecule has 1 aromatic carbocycles. The molecule has 5 heteroatoms. The van der Waals surface area contributed by atoms with E-state index >= 15 is 0 Å². The van der Waals surface area contributed by atoms with E-state index in [2.05, 4.69) is 4.74 Å². The molecule has 0 heterocycles. The van der Waals surface area contributed by atoms with Gasteiger partial charge in [-0.05, 0) is 12.1 Å². The Kier molecular flexibility index (Phi) is 3.12. The molecule has 0 aromatic heterocycles. The summed E-state index contributed by atoms with van der Waals surface area (Å²) in [6.45, 7) is 0. The second kappa shape index (κ2) is 3.94. The third-order valence-electron chi connectivity index (χ3n) is 1.42. The fourth-order valence-corrected chi connectivity index (χ4v) is 1.25. The Balaban J connectivity index is 3.23. The summed E-state index contributed by atoms with van der Waals surface area (Å²) in [5.74, 6) is -1.40. The lowest BCUT2D eigenvalue weighted by molar-refractivity contribution is 0.0600. The van der Waals surface area contributed by atoms with E-state index in [0.29, 0.717) is 0 Å². The van der Waals surface area contributed by atoms with Crippen molar-refractivity contribution in [2.45, 2.75) is 0 Å². The molecule has 0 N–H and O–H groups in total. The predicted octanol–water partition coefficient (Wildman–Crippen LogP) is 2.92. The highest BCUT2D eigenvalue weighted by Crippen LogP contribution is 2.24. The van der Waals surface area contributed by atoms with Gasteiger partial charge in [0.2, 0.25) is 0 Å². The van der Waals surface area contributed by atoms with E-state index in [1.807, 2.05) is 0 Å². The topological polar surface area (TPSA) is 26.3 Å². The second-order valence-electron chi connectivity index (χ2n) is 2.24. The number of hydrogen-bond acceptors (Lipinski definition) is 2. The SMILES string of the molecule is COC(=O)c1cc(F)c(Cl)cc1Cl. The molecule has 0 bridgehead atoms. The first-order valence-electron chi connectivity index (χ1n) is 3.29. The monoisotopic (exact) mass is 222 g/mol. The molecular formula is C8H5Cl2FO2. The number of carbonyl (C=O) groups is 1. The van der Waals surface area contributed by atoms with Crippen molar-refractivity contribution in [3.8, 4) is 0 Å². The highest BCUT2D eigenvalue weighted by Gasteiger charge is 2.13. The summed E-state index contributed by atoms with van der Waals surface area (Å²) in [5, 5.41) is -0.0593. The molecule has 0 aliphatic heterocycles. The summed E-state index contributed by atoms with van der Waals surface area (Å²) in [6.07, 6.45) is 0. The number of methoxy groups -OCH3 is 1. The van der Waals surface area contributed by atoms with Gasteiger partial charge >= 0.3 is 5.97 Å². The maximum Gasteiger partial charge on any atom is 0.339 e. The zero-order chi connectivity index (χ0) is 10.0. The molecule has 0 unspecified atom stereocenters. The van der Waals surface area contributed by atoms with Gasteiger partial charge in [-0.3, -0.25) is 0 Å². The molecule has 0 fully saturated rings. The number of hydrogen-bond donors (Lipinski definition) is 0. The zero-order valence-electron chi connectivity index (χ0n) is 6.61. The quantitative estimate of drug-likeness (QED) is 0.540. The van der Waals surface area contributed by atoms with Gasteiger partial charge in [0.25, 0.3) is 0 Å². The first-order chi connectivity index (χ1) is 6.06. The van der Waals surface area contributed by atoms with E-state index in [4.69, 9.17) is 23.2 Å². The van der Waals surface area contributed by atoms with Gasteiger partial charge in [-0.25, -0.2) is 9.18 Å². The Bertz CT molecular complexity index is 352. The number of benzene rings is 1. The summed E-state index contributed by atoms with van der Waals surface area (Å²) >= 11 is 11.0. The van der Waals surface area contributed by atoms with Crippen molar-refractivity contribution in [3.63, 3.8) is 0 Å². The van der Waals surface area contributed by atoms with Crippen LogP contribution in [-0.4, -0.2) is 13.1 Å². The Labute approximate surface area is 84.2 Å². The largest absolute Gasteiger partial charge is 0.465 e. The molecule has 0 aliphatic rings. The minimum absolute atomic E-state index is 0.0360. The van der Waals surface area contributed by atoms with E-state index in [9.17, 15) is 9.18 Å². The van der Waals surface area contributed by atoms with E-state index in [0.717, 1.165) is 12.1 Å². The average molecular weight is 223 g/mol. The fourth-order valence-electron chi connectivity index (χ4n) is 0.789. The molecule has 1 aromatic rings. The highest BCUT2D eigenvalue weighted by atomic mass is 35.5. The molecule has 0 saturated carbocycles. The van der Waals surface area contributed by atoms with Crippen LogP contribution in [0.25, 0.3) is 0 Å². The second-order valence-corrected chi connectivity index (χ2v) is 3.05. The van der Waals surface area contributed by atoms with Crippen LogP contribution in [0.1, 0.15) is 10.4 Å². The van der Waals surface area contributed by atoms with Crippen molar-refractivity contribution >= 4 is 29.2 Å². The van der Waals surface area contributed by atoms with Gasteiger partial charge in [0.1, 0.15) is 5.82 Å². The first kappa shape index (κ1) is 10.3. The van der Waals surface area contributed by atoms with Gasteiger partial charge < -0.3 is 4.74 Å². The van der Waals surface area contributed by atoms with Gasteiger partial charge in [-0.2, -0.15) is 0 Å². The maximum atomic E-state index is 12.9. The lowest BCUT2D eigenvalue weighted by Crippen LogP contribution is -2.02. The summed E-state index contributed by atoms with van der Waals surface area (Å²) in [6, 6.07) is 2.10. The molecule has 70 valence electrons. The fraction of sp³-hybridized carbons (Fsp3) is 0.125. The van der Waals surface area contributed by atoms with Crippen LogP contribution in [-0.2, 0) is 4.74 Å². The van der Waals surface area contributed by atoms with E-state index < -0.39 is 11.8 Å². The number of ether oxygens (including phenoxy) is 1. The molecule has 1 rings (SSSR count).